The van der Waals surface area contributed by atoms with Gasteiger partial charge in [0.1, 0.15) is 11.9 Å². The van der Waals surface area contributed by atoms with E-state index in [0.29, 0.717) is 11.8 Å². The van der Waals surface area contributed by atoms with Crippen LogP contribution in [-0.4, -0.2) is 36.6 Å². The Morgan fingerprint density at radius 3 is 2.79 bits per heavy atom. The lowest BCUT2D eigenvalue weighted by atomic mass is 9.97. The summed E-state index contributed by atoms with van der Waals surface area (Å²) in [5.41, 5.74) is 2.50. The number of hydrogen-bond acceptors (Lipinski definition) is 4. The van der Waals surface area contributed by atoms with E-state index in [1.165, 1.54) is 11.3 Å². The highest BCUT2D eigenvalue weighted by Crippen LogP contribution is 2.33. The first-order valence-electron chi connectivity index (χ1n) is 8.63. The normalized spacial score (nSPS) is 21.8. The van der Waals surface area contributed by atoms with Crippen LogP contribution in [0.4, 0.5) is 0 Å². The highest BCUT2D eigenvalue weighted by atomic mass is 16.5. The van der Waals surface area contributed by atoms with E-state index in [2.05, 4.69) is 35.5 Å². The zero-order valence-electron chi connectivity index (χ0n) is 14.7. The van der Waals surface area contributed by atoms with Gasteiger partial charge in [-0.3, -0.25) is 4.68 Å². The SMILES string of the molecule is COc1ccc([C@@H](C)CNC[C@@H]2CCO[C@H]2c2ccnn2C)cc1. The van der Waals surface area contributed by atoms with Gasteiger partial charge in [0, 0.05) is 38.9 Å². The number of aryl methyl sites for hydroxylation is 1. The van der Waals surface area contributed by atoms with E-state index in [1.807, 2.05) is 30.1 Å². The molecule has 24 heavy (non-hydrogen) atoms. The number of nitrogens with one attached hydrogen (secondary N) is 1. The van der Waals surface area contributed by atoms with Crippen LogP contribution in [0.5, 0.6) is 5.75 Å². The molecule has 1 aliphatic rings. The Balaban J connectivity index is 1.51. The summed E-state index contributed by atoms with van der Waals surface area (Å²) in [7, 11) is 3.68. The van der Waals surface area contributed by atoms with Gasteiger partial charge in [-0.2, -0.15) is 5.10 Å². The van der Waals surface area contributed by atoms with E-state index in [-0.39, 0.29) is 6.10 Å². The fraction of sp³-hybridized carbons (Fsp3) is 0.526. The summed E-state index contributed by atoms with van der Waals surface area (Å²) in [4.78, 5) is 0. The van der Waals surface area contributed by atoms with Crippen LogP contribution in [-0.2, 0) is 11.8 Å². The van der Waals surface area contributed by atoms with Gasteiger partial charge in [-0.1, -0.05) is 19.1 Å². The number of hydrogen-bond donors (Lipinski definition) is 1. The van der Waals surface area contributed by atoms with Gasteiger partial charge >= 0.3 is 0 Å². The van der Waals surface area contributed by atoms with E-state index in [9.17, 15) is 0 Å². The number of benzene rings is 1. The molecule has 1 saturated heterocycles. The van der Waals surface area contributed by atoms with Gasteiger partial charge in [0.05, 0.1) is 12.8 Å². The first-order valence-corrected chi connectivity index (χ1v) is 8.63. The number of methoxy groups -OCH3 is 1. The van der Waals surface area contributed by atoms with E-state index >= 15 is 0 Å². The van der Waals surface area contributed by atoms with Crippen LogP contribution in [0.1, 0.15) is 36.6 Å². The number of aromatic nitrogens is 2. The second-order valence-corrected chi connectivity index (χ2v) is 6.55. The second kappa shape index (κ2) is 7.81. The van der Waals surface area contributed by atoms with Crippen LogP contribution in [0.25, 0.3) is 0 Å². The zero-order valence-corrected chi connectivity index (χ0v) is 14.7. The van der Waals surface area contributed by atoms with Crippen LogP contribution >= 0.6 is 0 Å². The third-order valence-corrected chi connectivity index (χ3v) is 4.91. The number of ether oxygens (including phenoxy) is 2. The predicted molar refractivity (Wildman–Crippen MR) is 94.3 cm³/mol. The van der Waals surface area contributed by atoms with Crippen LogP contribution in [0.2, 0.25) is 0 Å². The smallest absolute Gasteiger partial charge is 0.118 e. The molecule has 0 unspecified atom stereocenters. The highest BCUT2D eigenvalue weighted by molar-refractivity contribution is 5.29. The van der Waals surface area contributed by atoms with Gasteiger partial charge in [0.25, 0.3) is 0 Å². The van der Waals surface area contributed by atoms with E-state index < -0.39 is 0 Å². The molecule has 2 aromatic rings. The maximum atomic E-state index is 5.94. The maximum absolute atomic E-state index is 5.94. The molecule has 5 nitrogen and oxygen atoms in total. The largest absolute Gasteiger partial charge is 0.497 e. The van der Waals surface area contributed by atoms with Crippen molar-refractivity contribution in [3.05, 3.63) is 47.8 Å². The Kier molecular flexibility index (Phi) is 5.53. The number of nitrogens with zero attached hydrogens (tertiary/aromatic N) is 2. The second-order valence-electron chi connectivity index (χ2n) is 6.55. The third-order valence-electron chi connectivity index (χ3n) is 4.91. The molecule has 3 rings (SSSR count). The maximum Gasteiger partial charge on any atom is 0.118 e. The molecule has 1 aromatic carbocycles. The predicted octanol–water partition coefficient (Wildman–Crippen LogP) is 2.90. The molecule has 3 atom stereocenters. The Hall–Kier alpha value is -1.85. The summed E-state index contributed by atoms with van der Waals surface area (Å²) >= 11 is 0. The molecule has 0 saturated carbocycles. The summed E-state index contributed by atoms with van der Waals surface area (Å²) in [5.74, 6) is 1.87. The quantitative estimate of drug-likeness (QED) is 0.848. The summed E-state index contributed by atoms with van der Waals surface area (Å²) in [6.45, 7) is 5.01. The lowest BCUT2D eigenvalue weighted by Gasteiger charge is -2.20. The molecule has 130 valence electrons. The zero-order chi connectivity index (χ0) is 16.9. The lowest BCUT2D eigenvalue weighted by molar-refractivity contribution is 0.0838. The minimum absolute atomic E-state index is 0.154. The molecule has 1 aliphatic heterocycles. The lowest BCUT2D eigenvalue weighted by Crippen LogP contribution is -2.28. The third kappa shape index (κ3) is 3.79. The van der Waals surface area contributed by atoms with Gasteiger partial charge < -0.3 is 14.8 Å². The average molecular weight is 329 g/mol. The summed E-state index contributed by atoms with van der Waals surface area (Å²) in [6, 6.07) is 10.4. The summed E-state index contributed by atoms with van der Waals surface area (Å²) < 4.78 is 13.1. The number of rotatable bonds is 7. The molecule has 0 bridgehead atoms. The van der Waals surface area contributed by atoms with Crippen molar-refractivity contribution >= 4 is 0 Å². The Labute approximate surface area is 144 Å². The minimum atomic E-state index is 0.154. The van der Waals surface area contributed by atoms with E-state index in [0.717, 1.165) is 31.9 Å². The average Bonchev–Trinajstić information content (AvgIpc) is 3.23. The van der Waals surface area contributed by atoms with Gasteiger partial charge in [-0.05, 0) is 36.1 Å². The van der Waals surface area contributed by atoms with Crippen LogP contribution in [0, 0.1) is 5.92 Å². The van der Waals surface area contributed by atoms with Crippen molar-refractivity contribution in [3.8, 4) is 5.75 Å². The first-order chi connectivity index (χ1) is 11.7. The Morgan fingerprint density at radius 1 is 1.33 bits per heavy atom. The molecule has 2 heterocycles. The molecule has 0 aliphatic carbocycles. The van der Waals surface area contributed by atoms with Gasteiger partial charge in [-0.15, -0.1) is 0 Å². The monoisotopic (exact) mass is 329 g/mol. The molecular formula is C19H27N3O2. The van der Waals surface area contributed by atoms with Gasteiger partial charge in [0.15, 0.2) is 0 Å². The standard InChI is InChI=1S/C19H27N3O2/c1-14(15-4-6-17(23-3)7-5-15)12-20-13-16-9-11-24-19(16)18-8-10-21-22(18)2/h4-8,10,14,16,19-20H,9,11-13H2,1-3H3/t14-,16-,19+/m0/s1. The molecule has 0 radical (unpaired) electrons. The Bertz CT molecular complexity index is 638. The topological polar surface area (TPSA) is 48.3 Å². The van der Waals surface area contributed by atoms with E-state index in [4.69, 9.17) is 9.47 Å². The van der Waals surface area contributed by atoms with Crippen molar-refractivity contribution in [2.75, 3.05) is 26.8 Å². The molecular weight excluding hydrogens is 302 g/mol. The fourth-order valence-corrected chi connectivity index (χ4v) is 3.37. The molecule has 0 spiro atoms. The molecule has 5 heteroatoms. The summed E-state index contributed by atoms with van der Waals surface area (Å²) in [5, 5.41) is 7.89. The van der Waals surface area contributed by atoms with Crippen molar-refractivity contribution in [2.45, 2.75) is 25.4 Å². The molecule has 1 fully saturated rings. The van der Waals surface area contributed by atoms with Crippen LogP contribution in [0.3, 0.4) is 0 Å². The first kappa shape index (κ1) is 17.0. The van der Waals surface area contributed by atoms with Crippen molar-refractivity contribution in [1.82, 2.24) is 15.1 Å². The molecule has 1 aromatic heterocycles. The summed E-state index contributed by atoms with van der Waals surface area (Å²) in [6.07, 6.45) is 3.09. The van der Waals surface area contributed by atoms with E-state index in [1.54, 1.807) is 7.11 Å². The highest BCUT2D eigenvalue weighted by Gasteiger charge is 2.31. The Morgan fingerprint density at radius 2 is 2.12 bits per heavy atom. The van der Waals surface area contributed by atoms with Crippen LogP contribution < -0.4 is 10.1 Å². The van der Waals surface area contributed by atoms with Crippen molar-refractivity contribution in [3.63, 3.8) is 0 Å². The van der Waals surface area contributed by atoms with Crippen molar-refractivity contribution in [2.24, 2.45) is 13.0 Å². The molecule has 0 amide bonds. The van der Waals surface area contributed by atoms with Gasteiger partial charge in [0.2, 0.25) is 0 Å². The van der Waals surface area contributed by atoms with Crippen molar-refractivity contribution in [1.29, 1.82) is 0 Å². The molecule has 1 N–H and O–H groups in total. The van der Waals surface area contributed by atoms with Crippen molar-refractivity contribution < 1.29 is 9.47 Å². The minimum Gasteiger partial charge on any atom is -0.497 e. The van der Waals surface area contributed by atoms with Crippen LogP contribution in [0.15, 0.2) is 36.5 Å². The fourth-order valence-electron chi connectivity index (χ4n) is 3.37. The van der Waals surface area contributed by atoms with Gasteiger partial charge in [-0.25, -0.2) is 0 Å².